The number of hydrogen-bond donors (Lipinski definition) is 1. The van der Waals surface area contributed by atoms with Crippen molar-refractivity contribution in [3.8, 4) is 11.3 Å². The van der Waals surface area contributed by atoms with Gasteiger partial charge in [0.1, 0.15) is 0 Å². The summed E-state index contributed by atoms with van der Waals surface area (Å²) < 4.78 is 1.51. The molecule has 2 heterocycles. The molecule has 2 bridgehead atoms. The molecule has 0 saturated heterocycles. The number of Topliss-reactive ketones (excluding diaryl/α,β-unsaturated/α-hetero) is 1. The Morgan fingerprint density at radius 3 is 2.62 bits per heavy atom. The van der Waals surface area contributed by atoms with Gasteiger partial charge in [0.05, 0.1) is 15.6 Å². The lowest BCUT2D eigenvalue weighted by molar-refractivity contribution is 0.0996. The molecule has 1 N–H and O–H groups in total. The Balaban J connectivity index is 1.25. The van der Waals surface area contributed by atoms with Crippen LogP contribution in [0.1, 0.15) is 81.7 Å². The zero-order valence-corrected chi connectivity index (χ0v) is 26.4. The third-order valence-corrected chi connectivity index (χ3v) is 10.8. The molecule has 0 radical (unpaired) electrons. The Kier molecular flexibility index (Phi) is 7.85. The molecule has 8 heteroatoms. The number of ketones is 1. The predicted molar refractivity (Wildman–Crippen MR) is 173 cm³/mol. The first kappa shape index (κ1) is 28.8. The smallest absolute Gasteiger partial charge is 0.293 e. The van der Waals surface area contributed by atoms with E-state index < -0.39 is 0 Å². The SMILES string of the molecule is Cc1ccc(-c2cn(C)c(=O)c(Nc3ccc(CN(C)C(C)C)cc3)n2)c(Cl)c1CC(=O)c1cc2c(s1)C1CCC2C1. The van der Waals surface area contributed by atoms with Crippen LogP contribution in [0.5, 0.6) is 0 Å². The molecule has 2 aliphatic carbocycles. The number of nitrogens with zero attached hydrogens (tertiary/aromatic N) is 3. The van der Waals surface area contributed by atoms with Crippen LogP contribution in [0.3, 0.4) is 0 Å². The second kappa shape index (κ2) is 11.4. The van der Waals surface area contributed by atoms with E-state index in [1.54, 1.807) is 24.6 Å². The zero-order chi connectivity index (χ0) is 29.7. The molecule has 2 unspecified atom stereocenters. The largest absolute Gasteiger partial charge is 0.336 e. The Morgan fingerprint density at radius 2 is 1.90 bits per heavy atom. The highest BCUT2D eigenvalue weighted by Gasteiger charge is 2.39. The van der Waals surface area contributed by atoms with Gasteiger partial charge in [-0.1, -0.05) is 35.9 Å². The quantitative estimate of drug-likeness (QED) is 0.198. The van der Waals surface area contributed by atoms with E-state index in [2.05, 4.69) is 49.3 Å². The van der Waals surface area contributed by atoms with Gasteiger partial charge in [-0.15, -0.1) is 11.3 Å². The van der Waals surface area contributed by atoms with Crippen LogP contribution in [0.4, 0.5) is 11.5 Å². The van der Waals surface area contributed by atoms with Crippen molar-refractivity contribution in [3.63, 3.8) is 0 Å². The lowest BCUT2D eigenvalue weighted by Crippen LogP contribution is -2.25. The van der Waals surface area contributed by atoms with Crippen LogP contribution in [0.15, 0.2) is 53.5 Å². The van der Waals surface area contributed by atoms with E-state index in [0.29, 0.717) is 34.2 Å². The maximum Gasteiger partial charge on any atom is 0.293 e. The molecule has 2 aromatic carbocycles. The summed E-state index contributed by atoms with van der Waals surface area (Å²) in [5.41, 5.74) is 6.19. The summed E-state index contributed by atoms with van der Waals surface area (Å²) in [7, 11) is 3.81. The van der Waals surface area contributed by atoms with Crippen molar-refractivity contribution in [3.05, 3.63) is 96.0 Å². The molecular weight excluding hydrogens is 564 g/mol. The maximum atomic E-state index is 13.5. The average Bonchev–Trinajstić information content (AvgIpc) is 3.69. The Bertz CT molecular complexity index is 1700. The minimum Gasteiger partial charge on any atom is -0.336 e. The van der Waals surface area contributed by atoms with Crippen molar-refractivity contribution < 1.29 is 4.79 Å². The number of aromatic nitrogens is 2. The number of rotatable bonds is 9. The van der Waals surface area contributed by atoms with E-state index in [0.717, 1.165) is 28.2 Å². The van der Waals surface area contributed by atoms with Gasteiger partial charge in [-0.3, -0.25) is 14.5 Å². The molecule has 2 aromatic heterocycles. The Hall–Kier alpha value is -3.26. The zero-order valence-electron chi connectivity index (χ0n) is 24.8. The molecule has 6 nitrogen and oxygen atoms in total. The highest BCUT2D eigenvalue weighted by molar-refractivity contribution is 7.14. The standard InChI is InChI=1S/C34H37ClN4O2S/c1-19(2)38(4)17-21-7-11-24(12-8-21)36-33-34(41)39(5)18-28(37-33)25-13-6-20(3)26(31(25)35)15-29(40)30-16-27-22-9-10-23(14-22)32(27)42-30/h6-8,11-13,16,18-19,22-23H,9-10,14-15,17H2,1-5H3,(H,36,37). The van der Waals surface area contributed by atoms with Gasteiger partial charge < -0.3 is 9.88 Å². The lowest BCUT2D eigenvalue weighted by Gasteiger charge is -2.21. The maximum absolute atomic E-state index is 13.5. The van der Waals surface area contributed by atoms with Gasteiger partial charge in [-0.25, -0.2) is 4.98 Å². The number of aryl methyl sites for hydroxylation is 2. The minimum atomic E-state index is -0.235. The number of fused-ring (bicyclic) bond motifs is 5. The number of hydrogen-bond acceptors (Lipinski definition) is 6. The number of benzene rings is 2. The molecule has 42 heavy (non-hydrogen) atoms. The highest BCUT2D eigenvalue weighted by Crippen LogP contribution is 2.56. The predicted octanol–water partition coefficient (Wildman–Crippen LogP) is 7.84. The van der Waals surface area contributed by atoms with Crippen molar-refractivity contribution >= 4 is 40.2 Å². The van der Waals surface area contributed by atoms with Crippen LogP contribution in [0.2, 0.25) is 5.02 Å². The second-order valence-electron chi connectivity index (χ2n) is 12.2. The van der Waals surface area contributed by atoms with Gasteiger partial charge in [0, 0.05) is 48.4 Å². The fourth-order valence-corrected chi connectivity index (χ4v) is 7.90. The second-order valence-corrected chi connectivity index (χ2v) is 13.6. The third-order valence-electron chi connectivity index (χ3n) is 9.00. The minimum absolute atomic E-state index is 0.106. The van der Waals surface area contributed by atoms with Crippen LogP contribution < -0.4 is 10.9 Å². The summed E-state index contributed by atoms with van der Waals surface area (Å²) in [6.45, 7) is 7.17. The summed E-state index contributed by atoms with van der Waals surface area (Å²) in [5, 5.41) is 3.71. The van der Waals surface area contributed by atoms with Crippen molar-refractivity contribution in [2.75, 3.05) is 12.4 Å². The van der Waals surface area contributed by atoms with E-state index in [1.165, 1.54) is 39.8 Å². The Labute approximate surface area is 256 Å². The van der Waals surface area contributed by atoms with E-state index in [-0.39, 0.29) is 23.6 Å². The topological polar surface area (TPSA) is 67.2 Å². The van der Waals surface area contributed by atoms with E-state index in [9.17, 15) is 9.59 Å². The van der Waals surface area contributed by atoms with Crippen LogP contribution in [-0.2, 0) is 20.0 Å². The van der Waals surface area contributed by atoms with Crippen LogP contribution >= 0.6 is 22.9 Å². The third kappa shape index (κ3) is 5.46. The van der Waals surface area contributed by atoms with Crippen LogP contribution in [-0.4, -0.2) is 33.3 Å². The lowest BCUT2D eigenvalue weighted by atomic mass is 9.96. The molecule has 0 spiro atoms. The first-order valence-corrected chi connectivity index (χ1v) is 15.9. The van der Waals surface area contributed by atoms with Gasteiger partial charge in [0.2, 0.25) is 0 Å². The van der Waals surface area contributed by atoms with Crippen molar-refractivity contribution in [2.45, 2.75) is 70.9 Å². The summed E-state index contributed by atoms with van der Waals surface area (Å²) in [6.07, 6.45) is 5.69. The monoisotopic (exact) mass is 600 g/mol. The van der Waals surface area contributed by atoms with Crippen molar-refractivity contribution in [1.29, 1.82) is 0 Å². The van der Waals surface area contributed by atoms with E-state index in [1.807, 2.05) is 31.2 Å². The summed E-state index contributed by atoms with van der Waals surface area (Å²) >= 11 is 8.68. The van der Waals surface area contributed by atoms with Crippen LogP contribution in [0.25, 0.3) is 11.3 Å². The molecule has 2 aliphatic rings. The molecular formula is C34H37ClN4O2S. The summed E-state index contributed by atoms with van der Waals surface area (Å²) in [4.78, 5) is 35.7. The molecule has 4 aromatic rings. The molecule has 2 atom stereocenters. The first-order chi connectivity index (χ1) is 20.1. The number of thiophene rings is 1. The van der Waals surface area contributed by atoms with Gasteiger partial charge in [0.25, 0.3) is 5.56 Å². The molecule has 218 valence electrons. The number of anilines is 2. The molecule has 0 aliphatic heterocycles. The molecule has 1 saturated carbocycles. The fraction of sp³-hybridized carbons (Fsp3) is 0.382. The van der Waals surface area contributed by atoms with Gasteiger partial charge in [-0.05, 0) is 99.4 Å². The number of halogens is 1. The van der Waals surface area contributed by atoms with Crippen molar-refractivity contribution in [2.24, 2.45) is 7.05 Å². The van der Waals surface area contributed by atoms with E-state index >= 15 is 0 Å². The summed E-state index contributed by atoms with van der Waals surface area (Å²) in [5.74, 6) is 1.61. The molecule has 0 amide bonds. The average molecular weight is 601 g/mol. The molecule has 6 rings (SSSR count). The number of carbonyl (C=O) groups excluding carboxylic acids is 1. The van der Waals surface area contributed by atoms with Gasteiger partial charge >= 0.3 is 0 Å². The van der Waals surface area contributed by atoms with Crippen LogP contribution in [0, 0.1) is 6.92 Å². The first-order valence-electron chi connectivity index (χ1n) is 14.7. The van der Waals surface area contributed by atoms with Gasteiger partial charge in [-0.2, -0.15) is 0 Å². The summed E-state index contributed by atoms with van der Waals surface area (Å²) in [6, 6.07) is 14.5. The molecule has 1 fully saturated rings. The van der Waals surface area contributed by atoms with E-state index in [4.69, 9.17) is 16.6 Å². The Morgan fingerprint density at radius 1 is 1.17 bits per heavy atom. The number of carbonyl (C=O) groups is 1. The van der Waals surface area contributed by atoms with Crippen molar-refractivity contribution in [1.82, 2.24) is 14.5 Å². The highest BCUT2D eigenvalue weighted by atomic mass is 35.5. The number of nitrogens with one attached hydrogen (secondary N) is 1. The fourth-order valence-electron chi connectivity index (χ4n) is 6.20. The normalized spacial score (nSPS) is 17.3. The van der Waals surface area contributed by atoms with Gasteiger partial charge in [0.15, 0.2) is 11.6 Å².